The average molecular weight is 541 g/mol. The molecule has 1 aliphatic heterocycles. The Bertz CT molecular complexity index is 1420. The maximum atomic E-state index is 13.8. The standard InChI is InChI=1S/C28H27F3N4O4/c1-16-7-9-18(10-8-16)38-19-11-12-21(23(13-19)37-3)33-27-32-14-20(28(29,30)31)25(34-27)39-22-6-4-5-17-15-35(2)26(36)24(17)22/h4-6,11-14,18H,1,7-10,15H2,2-3H3,(H,32,33,34). The van der Waals surface area contributed by atoms with E-state index in [1.54, 1.807) is 37.4 Å². The molecule has 0 bridgehead atoms. The first-order chi connectivity index (χ1) is 18.6. The Hall–Kier alpha value is -4.28. The highest BCUT2D eigenvalue weighted by atomic mass is 19.4. The molecule has 8 nitrogen and oxygen atoms in total. The lowest BCUT2D eigenvalue weighted by atomic mass is 9.94. The van der Waals surface area contributed by atoms with E-state index in [2.05, 4.69) is 21.9 Å². The van der Waals surface area contributed by atoms with E-state index in [4.69, 9.17) is 14.2 Å². The molecule has 3 aromatic rings. The second-order valence-corrected chi connectivity index (χ2v) is 9.52. The van der Waals surface area contributed by atoms with Crippen molar-refractivity contribution in [3.05, 3.63) is 71.4 Å². The fourth-order valence-electron chi connectivity index (χ4n) is 4.64. The number of amides is 1. The number of ether oxygens (including phenoxy) is 3. The van der Waals surface area contributed by atoms with Crippen LogP contribution in [0.5, 0.6) is 23.1 Å². The van der Waals surface area contributed by atoms with Crippen molar-refractivity contribution in [2.24, 2.45) is 0 Å². The van der Waals surface area contributed by atoms with Crippen molar-refractivity contribution in [3.8, 4) is 23.1 Å². The van der Waals surface area contributed by atoms with Crippen LogP contribution in [0, 0.1) is 0 Å². The summed E-state index contributed by atoms with van der Waals surface area (Å²) in [6.45, 7) is 4.36. The van der Waals surface area contributed by atoms with Gasteiger partial charge in [0.25, 0.3) is 5.91 Å². The van der Waals surface area contributed by atoms with Crippen molar-refractivity contribution in [1.82, 2.24) is 14.9 Å². The van der Waals surface area contributed by atoms with Crippen LogP contribution in [0.1, 0.15) is 47.2 Å². The predicted molar refractivity (Wildman–Crippen MR) is 138 cm³/mol. The number of aromatic nitrogens is 2. The molecule has 1 N–H and O–H groups in total. The zero-order valence-corrected chi connectivity index (χ0v) is 21.5. The Kier molecular flexibility index (Phi) is 7.07. The molecule has 1 aliphatic carbocycles. The van der Waals surface area contributed by atoms with Gasteiger partial charge in [0.1, 0.15) is 22.8 Å². The molecule has 1 fully saturated rings. The lowest BCUT2D eigenvalue weighted by molar-refractivity contribution is -0.139. The van der Waals surface area contributed by atoms with Crippen LogP contribution in [0.4, 0.5) is 24.8 Å². The van der Waals surface area contributed by atoms with Crippen LogP contribution in [-0.2, 0) is 12.7 Å². The maximum absolute atomic E-state index is 13.8. The third-order valence-corrected chi connectivity index (χ3v) is 6.71. The first-order valence-electron chi connectivity index (χ1n) is 12.4. The summed E-state index contributed by atoms with van der Waals surface area (Å²) in [5, 5.41) is 2.90. The molecule has 1 saturated carbocycles. The number of carbonyl (C=O) groups excluding carboxylic acids is 1. The van der Waals surface area contributed by atoms with Gasteiger partial charge in [-0.25, -0.2) is 4.98 Å². The minimum atomic E-state index is -4.78. The van der Waals surface area contributed by atoms with Crippen molar-refractivity contribution in [1.29, 1.82) is 0 Å². The Morgan fingerprint density at radius 3 is 2.62 bits per heavy atom. The molecule has 0 unspecified atom stereocenters. The molecule has 2 heterocycles. The Morgan fingerprint density at radius 1 is 1.13 bits per heavy atom. The molecular formula is C28H27F3N4O4. The average Bonchev–Trinajstić information content (AvgIpc) is 3.19. The number of hydrogen-bond acceptors (Lipinski definition) is 7. The van der Waals surface area contributed by atoms with Gasteiger partial charge in [-0.15, -0.1) is 0 Å². The molecule has 2 aliphatic rings. The molecule has 1 amide bonds. The molecule has 1 aromatic heterocycles. The van der Waals surface area contributed by atoms with Crippen LogP contribution in [0.3, 0.4) is 0 Å². The molecule has 2 aromatic carbocycles. The number of hydrogen-bond donors (Lipinski definition) is 1. The van der Waals surface area contributed by atoms with Crippen molar-refractivity contribution in [2.75, 3.05) is 19.5 Å². The first-order valence-corrected chi connectivity index (χ1v) is 12.4. The number of carbonyl (C=O) groups is 1. The van der Waals surface area contributed by atoms with Crippen LogP contribution >= 0.6 is 0 Å². The summed E-state index contributed by atoms with van der Waals surface area (Å²) in [5.41, 5.74) is 1.34. The van der Waals surface area contributed by atoms with Gasteiger partial charge in [-0.3, -0.25) is 4.79 Å². The third-order valence-electron chi connectivity index (χ3n) is 6.71. The van der Waals surface area contributed by atoms with Gasteiger partial charge in [-0.05, 0) is 49.4 Å². The van der Waals surface area contributed by atoms with E-state index in [1.807, 2.05) is 0 Å². The van der Waals surface area contributed by atoms with Gasteiger partial charge in [0, 0.05) is 25.9 Å². The number of alkyl halides is 3. The highest BCUT2D eigenvalue weighted by Crippen LogP contribution is 2.40. The van der Waals surface area contributed by atoms with Gasteiger partial charge in [0.15, 0.2) is 0 Å². The second-order valence-electron chi connectivity index (χ2n) is 9.52. The zero-order valence-electron chi connectivity index (χ0n) is 21.5. The number of fused-ring (bicyclic) bond motifs is 1. The lowest BCUT2D eigenvalue weighted by Crippen LogP contribution is -2.20. The summed E-state index contributed by atoms with van der Waals surface area (Å²) >= 11 is 0. The topological polar surface area (TPSA) is 85.8 Å². The van der Waals surface area contributed by atoms with E-state index in [9.17, 15) is 18.0 Å². The minimum absolute atomic E-state index is 0.0117. The van der Waals surface area contributed by atoms with Gasteiger partial charge in [-0.2, -0.15) is 18.2 Å². The Morgan fingerprint density at radius 2 is 1.90 bits per heavy atom. The molecule has 0 atom stereocenters. The van der Waals surface area contributed by atoms with Crippen molar-refractivity contribution in [2.45, 2.75) is 44.5 Å². The van der Waals surface area contributed by atoms with Crippen LogP contribution in [0.2, 0.25) is 0 Å². The molecular weight excluding hydrogens is 513 g/mol. The number of benzene rings is 2. The summed E-state index contributed by atoms with van der Waals surface area (Å²) in [6, 6.07) is 9.90. The van der Waals surface area contributed by atoms with Gasteiger partial charge in [0.05, 0.1) is 24.5 Å². The first kappa shape index (κ1) is 26.3. The Balaban J connectivity index is 1.41. The number of allylic oxidation sites excluding steroid dienone is 1. The van der Waals surface area contributed by atoms with E-state index < -0.39 is 17.6 Å². The fourth-order valence-corrected chi connectivity index (χ4v) is 4.64. The SMILES string of the molecule is C=C1CCC(Oc2ccc(Nc3ncc(C(F)(F)F)c(Oc4cccc5c4C(=O)N(C)C5)n3)c(OC)c2)CC1. The second kappa shape index (κ2) is 10.5. The third kappa shape index (κ3) is 5.62. The zero-order chi connectivity index (χ0) is 27.7. The van der Waals surface area contributed by atoms with Gasteiger partial charge in [0.2, 0.25) is 11.8 Å². The summed E-state index contributed by atoms with van der Waals surface area (Å²) in [7, 11) is 3.08. The molecule has 0 radical (unpaired) electrons. The van der Waals surface area contributed by atoms with Gasteiger partial charge < -0.3 is 24.4 Å². The minimum Gasteiger partial charge on any atom is -0.494 e. The summed E-state index contributed by atoms with van der Waals surface area (Å²) < 4.78 is 58.6. The highest BCUT2D eigenvalue weighted by Gasteiger charge is 2.37. The Labute approximate surface area is 223 Å². The maximum Gasteiger partial charge on any atom is 0.423 e. The number of anilines is 2. The van der Waals surface area contributed by atoms with E-state index in [0.717, 1.165) is 25.7 Å². The van der Waals surface area contributed by atoms with Crippen LogP contribution in [0.15, 0.2) is 54.7 Å². The van der Waals surface area contributed by atoms with Crippen molar-refractivity contribution >= 4 is 17.5 Å². The molecule has 204 valence electrons. The summed E-state index contributed by atoms with van der Waals surface area (Å²) in [6.07, 6.45) is -0.451. The number of halogens is 3. The van der Waals surface area contributed by atoms with E-state index in [0.29, 0.717) is 35.5 Å². The number of rotatable bonds is 7. The van der Waals surface area contributed by atoms with Crippen molar-refractivity contribution in [3.63, 3.8) is 0 Å². The highest BCUT2D eigenvalue weighted by molar-refractivity contribution is 6.00. The van der Waals surface area contributed by atoms with Gasteiger partial charge in [-0.1, -0.05) is 24.3 Å². The molecule has 0 spiro atoms. The summed E-state index contributed by atoms with van der Waals surface area (Å²) in [4.78, 5) is 21.9. The van der Waals surface area contributed by atoms with E-state index >= 15 is 0 Å². The van der Waals surface area contributed by atoms with Crippen LogP contribution in [0.25, 0.3) is 0 Å². The molecule has 0 saturated heterocycles. The van der Waals surface area contributed by atoms with Crippen molar-refractivity contribution < 1.29 is 32.2 Å². The smallest absolute Gasteiger partial charge is 0.423 e. The molecule has 11 heteroatoms. The van der Waals surface area contributed by atoms with Gasteiger partial charge >= 0.3 is 6.18 Å². The summed E-state index contributed by atoms with van der Waals surface area (Å²) in [5.74, 6) is -0.220. The lowest BCUT2D eigenvalue weighted by Gasteiger charge is -2.25. The number of methoxy groups -OCH3 is 1. The predicted octanol–water partition coefficient (Wildman–Crippen LogP) is 6.50. The number of nitrogens with one attached hydrogen (secondary N) is 1. The monoisotopic (exact) mass is 540 g/mol. The normalized spacial score (nSPS) is 15.8. The van der Waals surface area contributed by atoms with E-state index in [-0.39, 0.29) is 29.3 Å². The van der Waals surface area contributed by atoms with E-state index in [1.165, 1.54) is 23.6 Å². The quantitative estimate of drug-likeness (QED) is 0.342. The molecule has 5 rings (SSSR count). The fraction of sp³-hybridized carbons (Fsp3) is 0.321. The largest absolute Gasteiger partial charge is 0.494 e. The molecule has 39 heavy (non-hydrogen) atoms. The van der Waals surface area contributed by atoms with Crippen LogP contribution in [-0.4, -0.2) is 41.0 Å². The van der Waals surface area contributed by atoms with Crippen LogP contribution < -0.4 is 19.5 Å². The number of nitrogens with zero attached hydrogens (tertiary/aromatic N) is 3.